The molecule has 1 aliphatic carbocycles. The quantitative estimate of drug-likeness (QED) is 0.205. The molecule has 4 N–H and O–H groups in total. The minimum absolute atomic E-state index is 0. The van der Waals surface area contributed by atoms with Gasteiger partial charge in [0.05, 0.1) is 6.54 Å². The molecule has 0 saturated heterocycles. The normalized spacial score (nSPS) is 13.6. The zero-order valence-corrected chi connectivity index (χ0v) is 22.4. The number of nitrogens with zero attached hydrogens (tertiary/aromatic N) is 1. The van der Waals surface area contributed by atoms with E-state index in [-0.39, 0.29) is 41.7 Å². The van der Waals surface area contributed by atoms with Crippen LogP contribution in [0.5, 0.6) is 0 Å². The van der Waals surface area contributed by atoms with Gasteiger partial charge in [-0.1, -0.05) is 37.1 Å². The zero-order chi connectivity index (χ0) is 23.5. The number of benzene rings is 2. The van der Waals surface area contributed by atoms with Gasteiger partial charge in [-0.25, -0.2) is 4.99 Å². The summed E-state index contributed by atoms with van der Waals surface area (Å²) >= 11 is 0. The molecule has 3 rings (SSSR count). The molecule has 184 valence electrons. The van der Waals surface area contributed by atoms with Gasteiger partial charge in [0.2, 0.25) is 5.91 Å². The average molecular weight is 578 g/mol. The van der Waals surface area contributed by atoms with Gasteiger partial charge in [-0.2, -0.15) is 0 Å². The number of halogens is 1. The molecule has 1 saturated carbocycles. The number of aliphatic imine (C=N–C) groups is 1. The number of carbonyl (C=O) groups excluding carboxylic acids is 2. The Morgan fingerprint density at radius 2 is 1.74 bits per heavy atom. The van der Waals surface area contributed by atoms with Gasteiger partial charge in [-0.05, 0) is 61.6 Å². The third-order valence-corrected chi connectivity index (χ3v) is 5.81. The van der Waals surface area contributed by atoms with Crippen molar-refractivity contribution >= 4 is 47.4 Å². The number of carbonyl (C=O) groups is 2. The maximum absolute atomic E-state index is 12.4. The Bertz CT molecular complexity index is 973. The highest BCUT2D eigenvalue weighted by atomic mass is 127. The minimum atomic E-state index is -0.0821. The summed E-state index contributed by atoms with van der Waals surface area (Å²) < 4.78 is 0. The molecule has 0 atom stereocenters. The monoisotopic (exact) mass is 577 g/mol. The second kappa shape index (κ2) is 14.6. The Balaban J connectivity index is 0.00000408. The number of nitrogens with one attached hydrogen (secondary N) is 4. The molecule has 1 aliphatic rings. The van der Waals surface area contributed by atoms with Crippen molar-refractivity contribution in [1.29, 1.82) is 0 Å². The molecule has 0 heterocycles. The topological polar surface area (TPSA) is 94.6 Å². The summed E-state index contributed by atoms with van der Waals surface area (Å²) in [7, 11) is 1.63. The average Bonchev–Trinajstić information content (AvgIpc) is 3.38. The Kier molecular flexibility index (Phi) is 11.9. The van der Waals surface area contributed by atoms with E-state index in [9.17, 15) is 9.59 Å². The van der Waals surface area contributed by atoms with Crippen LogP contribution >= 0.6 is 24.0 Å². The summed E-state index contributed by atoms with van der Waals surface area (Å²) in [6.07, 6.45) is 5.05. The van der Waals surface area contributed by atoms with E-state index in [1.54, 1.807) is 7.05 Å². The van der Waals surface area contributed by atoms with Gasteiger partial charge in [0.1, 0.15) is 0 Å². The highest BCUT2D eigenvalue weighted by molar-refractivity contribution is 14.0. The second-order valence-corrected chi connectivity index (χ2v) is 8.32. The van der Waals surface area contributed by atoms with E-state index < -0.39 is 0 Å². The summed E-state index contributed by atoms with van der Waals surface area (Å²) in [5.74, 6) is 0.929. The van der Waals surface area contributed by atoms with E-state index in [2.05, 4.69) is 26.3 Å². The van der Waals surface area contributed by atoms with Gasteiger partial charge in [-0.15, -0.1) is 24.0 Å². The van der Waals surface area contributed by atoms with Gasteiger partial charge in [0.15, 0.2) is 5.96 Å². The van der Waals surface area contributed by atoms with Crippen LogP contribution in [0.3, 0.4) is 0 Å². The van der Waals surface area contributed by atoms with Crippen molar-refractivity contribution in [2.75, 3.05) is 25.5 Å². The lowest BCUT2D eigenvalue weighted by molar-refractivity contribution is -0.119. The molecule has 8 heteroatoms. The third-order valence-electron chi connectivity index (χ3n) is 5.81. The summed E-state index contributed by atoms with van der Waals surface area (Å²) in [5, 5.41) is 12.3. The Labute approximate surface area is 219 Å². The first-order valence-electron chi connectivity index (χ1n) is 11.8. The highest BCUT2D eigenvalue weighted by Crippen LogP contribution is 2.26. The first-order chi connectivity index (χ1) is 16.1. The van der Waals surface area contributed by atoms with Crippen molar-refractivity contribution in [2.45, 2.75) is 45.6 Å². The lowest BCUT2D eigenvalue weighted by Gasteiger charge is -2.13. The van der Waals surface area contributed by atoms with E-state index in [1.165, 1.54) is 0 Å². The largest absolute Gasteiger partial charge is 0.357 e. The fraction of sp³-hybridized carbons (Fsp3) is 0.423. The van der Waals surface area contributed by atoms with Gasteiger partial charge in [0, 0.05) is 37.3 Å². The summed E-state index contributed by atoms with van der Waals surface area (Å²) in [4.78, 5) is 28.9. The van der Waals surface area contributed by atoms with Gasteiger partial charge in [-0.3, -0.25) is 9.59 Å². The second-order valence-electron chi connectivity index (χ2n) is 8.32. The van der Waals surface area contributed by atoms with Crippen LogP contribution in [0.2, 0.25) is 0 Å². The molecular formula is C26H36IN5O2. The van der Waals surface area contributed by atoms with Crippen LogP contribution in [0, 0.1) is 5.92 Å². The third kappa shape index (κ3) is 8.62. The number of amides is 2. The predicted octanol–water partition coefficient (Wildman–Crippen LogP) is 4.09. The lowest BCUT2D eigenvalue weighted by atomic mass is 10.1. The maximum Gasteiger partial charge on any atom is 0.251 e. The minimum Gasteiger partial charge on any atom is -0.357 e. The molecule has 0 aromatic heterocycles. The Morgan fingerprint density at radius 3 is 2.47 bits per heavy atom. The molecule has 2 aromatic carbocycles. The van der Waals surface area contributed by atoms with Crippen molar-refractivity contribution in [3.63, 3.8) is 0 Å². The predicted molar refractivity (Wildman–Crippen MR) is 149 cm³/mol. The van der Waals surface area contributed by atoms with E-state index in [1.807, 2.05) is 55.5 Å². The van der Waals surface area contributed by atoms with Crippen LogP contribution < -0.4 is 21.3 Å². The van der Waals surface area contributed by atoms with Crippen LogP contribution in [-0.4, -0.2) is 37.9 Å². The van der Waals surface area contributed by atoms with E-state index in [0.717, 1.165) is 61.4 Å². The molecule has 2 aromatic rings. The van der Waals surface area contributed by atoms with Crippen LogP contribution in [0.15, 0.2) is 53.5 Å². The molecule has 0 aliphatic heterocycles. The van der Waals surface area contributed by atoms with E-state index in [4.69, 9.17) is 0 Å². The first-order valence-corrected chi connectivity index (χ1v) is 11.8. The molecule has 0 spiro atoms. The molecule has 0 radical (unpaired) electrons. The zero-order valence-electron chi connectivity index (χ0n) is 20.0. The van der Waals surface area contributed by atoms with Crippen LogP contribution in [0.25, 0.3) is 0 Å². The fourth-order valence-electron chi connectivity index (χ4n) is 4.03. The van der Waals surface area contributed by atoms with Crippen LogP contribution in [-0.2, 0) is 17.8 Å². The SMILES string of the molecule is CCNC(=NCc1cccc(NC(=O)C2CCCC2)c1)NCCc1cccc(C(=O)NC)c1.I. The number of hydrogen-bond acceptors (Lipinski definition) is 3. The van der Waals surface area contributed by atoms with Crippen molar-refractivity contribution in [3.05, 3.63) is 65.2 Å². The first kappa shape index (κ1) is 27.6. The molecule has 1 fully saturated rings. The van der Waals surface area contributed by atoms with Gasteiger partial charge < -0.3 is 21.3 Å². The smallest absolute Gasteiger partial charge is 0.251 e. The number of rotatable bonds is 9. The highest BCUT2D eigenvalue weighted by Gasteiger charge is 2.22. The molecule has 2 amide bonds. The molecule has 0 bridgehead atoms. The number of anilines is 1. The summed E-state index contributed by atoms with van der Waals surface area (Å²) in [6, 6.07) is 15.5. The van der Waals surface area contributed by atoms with Crippen LogP contribution in [0.1, 0.15) is 54.1 Å². The van der Waals surface area contributed by atoms with Gasteiger partial charge in [0.25, 0.3) is 5.91 Å². The van der Waals surface area contributed by atoms with Gasteiger partial charge >= 0.3 is 0 Å². The van der Waals surface area contributed by atoms with Crippen molar-refractivity contribution in [3.8, 4) is 0 Å². The fourth-order valence-corrected chi connectivity index (χ4v) is 4.03. The van der Waals surface area contributed by atoms with Crippen molar-refractivity contribution < 1.29 is 9.59 Å². The molecule has 34 heavy (non-hydrogen) atoms. The Hall–Kier alpha value is -2.62. The van der Waals surface area contributed by atoms with Crippen LogP contribution in [0.4, 0.5) is 5.69 Å². The standard InChI is InChI=1S/C26H35N5O2.HI/c1-3-28-26(29-15-14-19-8-6-12-22(16-19)24(32)27-2)30-18-20-9-7-13-23(17-20)31-25(33)21-10-4-5-11-21;/h6-9,12-13,16-17,21H,3-5,10-11,14-15,18H2,1-2H3,(H,27,32)(H,31,33)(H2,28,29,30);1H. The van der Waals surface area contributed by atoms with E-state index in [0.29, 0.717) is 18.7 Å². The summed E-state index contributed by atoms with van der Waals surface area (Å²) in [5.41, 5.74) is 3.61. The molecule has 0 unspecified atom stereocenters. The van der Waals surface area contributed by atoms with Crippen molar-refractivity contribution in [1.82, 2.24) is 16.0 Å². The molecular weight excluding hydrogens is 541 g/mol. The summed E-state index contributed by atoms with van der Waals surface area (Å²) in [6.45, 7) is 3.99. The lowest BCUT2D eigenvalue weighted by Crippen LogP contribution is -2.38. The number of hydrogen-bond donors (Lipinski definition) is 4. The maximum atomic E-state index is 12.4. The molecule has 7 nitrogen and oxygen atoms in total. The Morgan fingerprint density at radius 1 is 1.00 bits per heavy atom. The number of guanidine groups is 1. The van der Waals surface area contributed by atoms with E-state index >= 15 is 0 Å². The van der Waals surface area contributed by atoms with Crippen molar-refractivity contribution in [2.24, 2.45) is 10.9 Å².